The lowest BCUT2D eigenvalue weighted by Crippen LogP contribution is -2.54. The highest BCUT2D eigenvalue weighted by molar-refractivity contribution is 7.89. The van der Waals surface area contributed by atoms with Crippen molar-refractivity contribution >= 4 is 39.6 Å². The summed E-state index contributed by atoms with van der Waals surface area (Å²) in [6.45, 7) is 6.47. The molecule has 1 aromatic heterocycles. The molecule has 9 nitrogen and oxygen atoms in total. The van der Waals surface area contributed by atoms with E-state index in [0.29, 0.717) is 35.7 Å². The van der Waals surface area contributed by atoms with Gasteiger partial charge in [-0.25, -0.2) is 9.18 Å². The summed E-state index contributed by atoms with van der Waals surface area (Å²) in [6, 6.07) is 5.15. The highest BCUT2D eigenvalue weighted by Crippen LogP contribution is 2.45. The number of nitrogens with two attached hydrogens (primary N) is 1. The number of methoxy groups -OCH3 is 1. The van der Waals surface area contributed by atoms with Gasteiger partial charge in [0, 0.05) is 42.6 Å². The number of pyridine rings is 1. The third-order valence-electron chi connectivity index (χ3n) is 7.49. The maximum Gasteiger partial charge on any atom is 0.341 e. The molecule has 2 unspecified atom stereocenters. The Bertz CT molecular complexity index is 1510. The predicted octanol–water partition coefficient (Wildman–Crippen LogP) is 3.61. The van der Waals surface area contributed by atoms with Crippen molar-refractivity contribution in [3.05, 3.63) is 57.1 Å². The zero-order chi connectivity index (χ0) is 27.5. The summed E-state index contributed by atoms with van der Waals surface area (Å²) in [5.74, 6) is -1.75. The first kappa shape index (κ1) is 26.3. The summed E-state index contributed by atoms with van der Waals surface area (Å²) in [6.07, 6.45) is 3.02. The number of hydrogen-bond acceptors (Lipinski definition) is 7. The SMILES string of the molecule is COc1c(N2CCN([S+]([O-])c3ccc(N)c(C)c3)C(C)C2)c(F)c(C)c2c(=O)c(C(=O)O)cn(C3CC3)c12. The average molecular weight is 543 g/mol. The molecule has 2 aliphatic rings. The molecule has 0 radical (unpaired) electrons. The second-order valence-electron chi connectivity index (χ2n) is 10.1. The number of fused-ring (bicyclic) bond motifs is 1. The molecule has 2 aromatic carbocycles. The molecule has 3 N–H and O–H groups in total. The van der Waals surface area contributed by atoms with Crippen molar-refractivity contribution in [1.29, 1.82) is 0 Å². The Morgan fingerprint density at radius 1 is 1.26 bits per heavy atom. The zero-order valence-corrected chi connectivity index (χ0v) is 22.6. The molecule has 2 atom stereocenters. The standard InChI is InChI=1S/C27H31FN4O5S/c1-14-11-18(7-8-20(14)29)38(36)32-10-9-30(12-15(32)2)24-22(28)16(3)21-23(26(24)37-4)31(17-5-6-17)13-19(25(21)33)27(34)35/h7-8,11,13,15,17H,5-6,9-10,12,29H2,1-4H3,(H,34,35). The van der Waals surface area contributed by atoms with Gasteiger partial charge in [-0.3, -0.25) is 4.79 Å². The van der Waals surface area contributed by atoms with Gasteiger partial charge in [0.05, 0.1) is 42.0 Å². The van der Waals surface area contributed by atoms with Crippen molar-refractivity contribution < 1.29 is 23.6 Å². The zero-order valence-electron chi connectivity index (χ0n) is 21.8. The number of aromatic nitrogens is 1. The van der Waals surface area contributed by atoms with E-state index < -0.39 is 28.6 Å². The van der Waals surface area contributed by atoms with Crippen molar-refractivity contribution in [3.63, 3.8) is 0 Å². The minimum Gasteiger partial charge on any atom is -0.593 e. The topological polar surface area (TPSA) is 124 Å². The van der Waals surface area contributed by atoms with E-state index in [-0.39, 0.29) is 40.0 Å². The largest absolute Gasteiger partial charge is 0.593 e. The van der Waals surface area contributed by atoms with E-state index in [1.54, 1.807) is 16.7 Å². The third kappa shape index (κ3) is 4.28. The molecule has 202 valence electrons. The number of aryl methyl sites for hydroxylation is 2. The van der Waals surface area contributed by atoms with Gasteiger partial charge in [0.2, 0.25) is 5.43 Å². The van der Waals surface area contributed by atoms with Crippen molar-refractivity contribution in [1.82, 2.24) is 8.87 Å². The van der Waals surface area contributed by atoms with E-state index >= 15 is 4.39 Å². The smallest absolute Gasteiger partial charge is 0.341 e. The molecule has 0 amide bonds. The minimum atomic E-state index is -1.42. The van der Waals surface area contributed by atoms with Gasteiger partial charge in [0.1, 0.15) is 11.3 Å². The Kier molecular flexibility index (Phi) is 6.79. The molecule has 1 aliphatic carbocycles. The lowest BCUT2D eigenvalue weighted by atomic mass is 10.0. The van der Waals surface area contributed by atoms with Crippen molar-refractivity contribution in [2.75, 3.05) is 37.4 Å². The fraction of sp³-hybridized carbons (Fsp3) is 0.407. The number of carbonyl (C=O) groups is 1. The number of hydrogen-bond donors (Lipinski definition) is 2. The monoisotopic (exact) mass is 542 g/mol. The Hall–Kier alpha value is -3.28. The number of carboxylic acids is 1. The van der Waals surface area contributed by atoms with E-state index in [0.717, 1.165) is 18.4 Å². The molecule has 0 bridgehead atoms. The van der Waals surface area contributed by atoms with Crippen molar-refractivity contribution in [3.8, 4) is 5.75 Å². The fourth-order valence-corrected chi connectivity index (χ4v) is 6.64. The van der Waals surface area contributed by atoms with Gasteiger partial charge < -0.3 is 29.6 Å². The van der Waals surface area contributed by atoms with Crippen LogP contribution in [0.4, 0.5) is 15.8 Å². The first-order valence-corrected chi connectivity index (χ1v) is 13.6. The van der Waals surface area contributed by atoms with Crippen LogP contribution in [-0.4, -0.2) is 57.3 Å². The van der Waals surface area contributed by atoms with Gasteiger partial charge >= 0.3 is 5.97 Å². The molecule has 1 saturated carbocycles. The summed E-state index contributed by atoms with van der Waals surface area (Å²) >= 11 is -1.42. The van der Waals surface area contributed by atoms with Crippen LogP contribution in [0.25, 0.3) is 10.9 Å². The van der Waals surface area contributed by atoms with Crippen LogP contribution in [0.2, 0.25) is 0 Å². The average Bonchev–Trinajstić information content (AvgIpc) is 3.72. The molecule has 1 aliphatic heterocycles. The van der Waals surface area contributed by atoms with Crippen LogP contribution in [0.1, 0.15) is 47.3 Å². The number of rotatable bonds is 6. The maximum atomic E-state index is 16.1. The lowest BCUT2D eigenvalue weighted by molar-refractivity contribution is 0.0694. The molecule has 11 heteroatoms. The van der Waals surface area contributed by atoms with E-state index in [4.69, 9.17) is 10.5 Å². The second kappa shape index (κ2) is 9.79. The lowest BCUT2D eigenvalue weighted by Gasteiger charge is -2.40. The van der Waals surface area contributed by atoms with Crippen molar-refractivity contribution in [2.45, 2.75) is 50.6 Å². The Morgan fingerprint density at radius 3 is 2.55 bits per heavy atom. The van der Waals surface area contributed by atoms with E-state index in [2.05, 4.69) is 0 Å². The number of anilines is 2. The van der Waals surface area contributed by atoms with Crippen LogP contribution in [0.5, 0.6) is 5.75 Å². The first-order chi connectivity index (χ1) is 18.0. The van der Waals surface area contributed by atoms with E-state index in [1.165, 1.54) is 20.2 Å². The van der Waals surface area contributed by atoms with Gasteiger partial charge in [-0.2, -0.15) is 0 Å². The minimum absolute atomic E-state index is 0.0179. The van der Waals surface area contributed by atoms with Crippen LogP contribution >= 0.6 is 0 Å². The Balaban J connectivity index is 1.57. The van der Waals surface area contributed by atoms with Crippen LogP contribution in [0.15, 0.2) is 34.1 Å². The number of benzene rings is 2. The van der Waals surface area contributed by atoms with Crippen LogP contribution in [0.3, 0.4) is 0 Å². The Labute approximate surface area is 222 Å². The van der Waals surface area contributed by atoms with Gasteiger partial charge in [-0.05, 0) is 51.3 Å². The number of piperazine rings is 1. The number of carboxylic acid groups (broad SMARTS) is 1. The summed E-state index contributed by atoms with van der Waals surface area (Å²) in [7, 11) is 1.43. The summed E-state index contributed by atoms with van der Waals surface area (Å²) in [4.78, 5) is 27.5. The molecule has 38 heavy (non-hydrogen) atoms. The molecule has 0 spiro atoms. The molecule has 3 aromatic rings. The molecule has 2 heterocycles. The quantitative estimate of drug-likeness (QED) is 0.358. The van der Waals surface area contributed by atoms with Crippen LogP contribution < -0.4 is 20.8 Å². The highest BCUT2D eigenvalue weighted by atomic mass is 32.2. The molecular weight excluding hydrogens is 511 g/mol. The van der Waals surface area contributed by atoms with E-state index in [1.807, 2.05) is 29.1 Å². The molecule has 2 fully saturated rings. The van der Waals surface area contributed by atoms with Crippen molar-refractivity contribution in [2.24, 2.45) is 0 Å². The van der Waals surface area contributed by atoms with Gasteiger partial charge in [0.15, 0.2) is 16.5 Å². The molecule has 5 rings (SSSR count). The molecule has 1 saturated heterocycles. The van der Waals surface area contributed by atoms with Gasteiger partial charge in [0.25, 0.3) is 0 Å². The predicted molar refractivity (Wildman–Crippen MR) is 145 cm³/mol. The fourth-order valence-electron chi connectivity index (χ4n) is 5.26. The Morgan fingerprint density at radius 2 is 1.97 bits per heavy atom. The van der Waals surface area contributed by atoms with E-state index in [9.17, 15) is 19.2 Å². The summed E-state index contributed by atoms with van der Waals surface area (Å²) < 4.78 is 38.8. The first-order valence-electron chi connectivity index (χ1n) is 12.5. The number of ether oxygens (including phenoxy) is 1. The van der Waals surface area contributed by atoms with Gasteiger partial charge in [-0.15, -0.1) is 4.31 Å². The maximum absolute atomic E-state index is 16.1. The van der Waals surface area contributed by atoms with Gasteiger partial charge in [-0.1, -0.05) is 0 Å². The second-order valence-corrected chi connectivity index (χ2v) is 11.5. The number of halogens is 1. The highest BCUT2D eigenvalue weighted by Gasteiger charge is 2.38. The summed E-state index contributed by atoms with van der Waals surface area (Å²) in [5, 5.41) is 9.65. The number of aromatic carboxylic acids is 1. The number of nitrogen functional groups attached to an aromatic ring is 1. The normalized spacial score (nSPS) is 19.1. The summed E-state index contributed by atoms with van der Waals surface area (Å²) in [5.41, 5.74) is 7.04. The van der Waals surface area contributed by atoms with Crippen LogP contribution in [0, 0.1) is 19.7 Å². The number of nitrogens with zero attached hydrogens (tertiary/aromatic N) is 3. The van der Waals surface area contributed by atoms with Crippen LogP contribution in [-0.2, 0) is 11.4 Å². The molecular formula is C27H31FN4O5S. The third-order valence-corrected chi connectivity index (χ3v) is 9.12.